The second-order valence-corrected chi connectivity index (χ2v) is 7.11. The maximum absolute atomic E-state index is 12.2. The fourth-order valence-electron chi connectivity index (χ4n) is 1.48. The van der Waals surface area contributed by atoms with Gasteiger partial charge >= 0.3 is 0 Å². The Bertz CT molecular complexity index is 557. The van der Waals surface area contributed by atoms with Gasteiger partial charge in [0, 0.05) is 24.0 Å². The van der Waals surface area contributed by atoms with E-state index in [1.807, 2.05) is 13.8 Å². The van der Waals surface area contributed by atoms with E-state index < -0.39 is 10.0 Å². The van der Waals surface area contributed by atoms with Crippen LogP contribution < -0.4 is 10.0 Å². The summed E-state index contributed by atoms with van der Waals surface area (Å²) in [7, 11) is -3.54. The quantitative estimate of drug-likeness (QED) is 0.762. The van der Waals surface area contributed by atoms with Crippen molar-refractivity contribution in [2.75, 3.05) is 10.6 Å². The van der Waals surface area contributed by atoms with E-state index in [1.54, 1.807) is 12.1 Å². The van der Waals surface area contributed by atoms with Crippen LogP contribution >= 0.6 is 15.9 Å². The maximum Gasteiger partial charge on any atom is 0.240 e. The van der Waals surface area contributed by atoms with Crippen molar-refractivity contribution in [1.82, 2.24) is 4.72 Å². The summed E-state index contributed by atoms with van der Waals surface area (Å²) in [6, 6.07) is 5.90. The van der Waals surface area contributed by atoms with Crippen LogP contribution in [0.4, 0.5) is 5.69 Å². The topological polar surface area (TPSA) is 75.3 Å². The fourth-order valence-corrected chi connectivity index (χ4v) is 3.40. The molecule has 0 aliphatic rings. The lowest BCUT2D eigenvalue weighted by Crippen LogP contribution is -2.37. The van der Waals surface area contributed by atoms with Crippen molar-refractivity contribution < 1.29 is 13.2 Å². The third-order valence-electron chi connectivity index (χ3n) is 2.92. The Morgan fingerprint density at radius 2 is 1.80 bits per heavy atom. The first kappa shape index (κ1) is 17.1. The highest BCUT2D eigenvalue weighted by molar-refractivity contribution is 9.09. The molecule has 1 amide bonds. The van der Waals surface area contributed by atoms with E-state index in [0.29, 0.717) is 5.69 Å². The summed E-state index contributed by atoms with van der Waals surface area (Å²) in [5.41, 5.74) is 0.568. The van der Waals surface area contributed by atoms with Gasteiger partial charge in [-0.05, 0) is 37.1 Å². The molecule has 0 fully saturated rings. The van der Waals surface area contributed by atoms with Gasteiger partial charge in [-0.15, -0.1) is 0 Å². The molecule has 0 aliphatic heterocycles. The molecule has 1 aromatic rings. The largest absolute Gasteiger partial charge is 0.326 e. The van der Waals surface area contributed by atoms with Crippen LogP contribution in [0.25, 0.3) is 0 Å². The molecular weight excluding hydrogens is 344 g/mol. The van der Waals surface area contributed by atoms with Gasteiger partial charge in [-0.25, -0.2) is 13.1 Å². The zero-order valence-corrected chi connectivity index (χ0v) is 14.1. The molecule has 2 N–H and O–H groups in total. The normalized spacial score (nSPS) is 14.6. The number of rotatable bonds is 6. The lowest BCUT2D eigenvalue weighted by atomic mass is 10.1. The first-order valence-corrected chi connectivity index (χ1v) is 8.82. The van der Waals surface area contributed by atoms with Crippen LogP contribution in [0.3, 0.4) is 0 Å². The molecule has 0 saturated carbocycles. The van der Waals surface area contributed by atoms with Crippen molar-refractivity contribution in [2.45, 2.75) is 31.7 Å². The van der Waals surface area contributed by atoms with Crippen LogP contribution in [0, 0.1) is 5.92 Å². The summed E-state index contributed by atoms with van der Waals surface area (Å²) in [6.07, 6.45) is 0. The first-order chi connectivity index (χ1) is 9.26. The van der Waals surface area contributed by atoms with Gasteiger partial charge in [0.25, 0.3) is 0 Å². The van der Waals surface area contributed by atoms with Crippen LogP contribution in [0.1, 0.15) is 20.8 Å². The van der Waals surface area contributed by atoms with Crippen molar-refractivity contribution in [3.05, 3.63) is 24.3 Å². The fraction of sp³-hybridized carbons (Fsp3) is 0.462. The van der Waals surface area contributed by atoms with Crippen LogP contribution in [-0.2, 0) is 14.8 Å². The lowest BCUT2D eigenvalue weighted by Gasteiger charge is -2.19. The van der Waals surface area contributed by atoms with Crippen LogP contribution in [0.2, 0.25) is 0 Å². The van der Waals surface area contributed by atoms with Crippen molar-refractivity contribution in [2.24, 2.45) is 5.92 Å². The average Bonchev–Trinajstić information content (AvgIpc) is 2.37. The van der Waals surface area contributed by atoms with Gasteiger partial charge in [0.05, 0.1) is 4.90 Å². The minimum Gasteiger partial charge on any atom is -0.326 e. The average molecular weight is 363 g/mol. The van der Waals surface area contributed by atoms with Gasteiger partial charge < -0.3 is 5.32 Å². The predicted octanol–water partition coefficient (Wildman–Crippen LogP) is 2.34. The van der Waals surface area contributed by atoms with Crippen LogP contribution in [0.15, 0.2) is 29.2 Å². The van der Waals surface area contributed by atoms with Crippen LogP contribution in [-0.4, -0.2) is 25.7 Å². The van der Waals surface area contributed by atoms with E-state index in [4.69, 9.17) is 0 Å². The third-order valence-corrected chi connectivity index (χ3v) is 5.52. The lowest BCUT2D eigenvalue weighted by molar-refractivity contribution is -0.114. The molecule has 7 heteroatoms. The molecule has 0 aliphatic carbocycles. The minimum atomic E-state index is -3.54. The SMILES string of the molecule is CC(=O)Nc1ccc(S(=O)(=O)NC(C)C(C)CBr)cc1. The highest BCUT2D eigenvalue weighted by atomic mass is 79.9. The van der Waals surface area contributed by atoms with Crippen LogP contribution in [0.5, 0.6) is 0 Å². The van der Waals surface area contributed by atoms with E-state index >= 15 is 0 Å². The number of nitrogens with one attached hydrogen (secondary N) is 2. The molecule has 1 aromatic carbocycles. The second kappa shape index (κ2) is 7.19. The summed E-state index contributed by atoms with van der Waals surface area (Å²) < 4.78 is 27.0. The highest BCUT2D eigenvalue weighted by Gasteiger charge is 2.20. The molecule has 0 saturated heterocycles. The Morgan fingerprint density at radius 3 is 2.25 bits per heavy atom. The Balaban J connectivity index is 2.85. The van der Waals surface area contributed by atoms with Gasteiger partial charge in [0.15, 0.2) is 0 Å². The van der Waals surface area contributed by atoms with Crippen molar-refractivity contribution in [3.8, 4) is 0 Å². The molecule has 2 atom stereocenters. The Labute approximate surface area is 128 Å². The predicted molar refractivity (Wildman–Crippen MR) is 83.5 cm³/mol. The summed E-state index contributed by atoms with van der Waals surface area (Å²) in [4.78, 5) is 11.1. The Morgan fingerprint density at radius 1 is 1.25 bits per heavy atom. The molecule has 112 valence electrons. The summed E-state index contributed by atoms with van der Waals surface area (Å²) in [6.45, 7) is 5.19. The van der Waals surface area contributed by atoms with E-state index in [2.05, 4.69) is 26.0 Å². The standard InChI is InChI=1S/C13H19BrN2O3S/c1-9(8-14)10(2)16-20(18,19)13-6-4-12(5-7-13)15-11(3)17/h4-7,9-10,16H,8H2,1-3H3,(H,15,17). The van der Waals surface area contributed by atoms with Gasteiger partial charge in [-0.1, -0.05) is 22.9 Å². The zero-order valence-electron chi connectivity index (χ0n) is 11.7. The first-order valence-electron chi connectivity index (χ1n) is 6.22. The molecule has 0 radical (unpaired) electrons. The molecule has 5 nitrogen and oxygen atoms in total. The van der Waals surface area contributed by atoms with Gasteiger partial charge in [-0.2, -0.15) is 0 Å². The number of sulfonamides is 1. The number of halogens is 1. The smallest absolute Gasteiger partial charge is 0.240 e. The summed E-state index contributed by atoms with van der Waals surface area (Å²) >= 11 is 3.34. The van der Waals surface area contributed by atoms with Gasteiger partial charge in [0.2, 0.25) is 15.9 Å². The number of benzene rings is 1. The van der Waals surface area contributed by atoms with Crippen molar-refractivity contribution in [1.29, 1.82) is 0 Å². The number of amides is 1. The molecular formula is C13H19BrN2O3S. The van der Waals surface area contributed by atoms with Gasteiger partial charge in [0.1, 0.15) is 0 Å². The third kappa shape index (κ3) is 4.88. The molecule has 1 rings (SSSR count). The van der Waals surface area contributed by atoms with Crippen molar-refractivity contribution >= 4 is 37.5 Å². The minimum absolute atomic E-state index is 0.172. The molecule has 2 unspecified atom stereocenters. The number of anilines is 1. The number of carbonyl (C=O) groups is 1. The zero-order chi connectivity index (χ0) is 15.3. The molecule has 20 heavy (non-hydrogen) atoms. The molecule has 0 aromatic heterocycles. The monoisotopic (exact) mass is 362 g/mol. The van der Waals surface area contributed by atoms with Gasteiger partial charge in [-0.3, -0.25) is 4.79 Å². The second-order valence-electron chi connectivity index (χ2n) is 4.75. The number of hydrogen-bond acceptors (Lipinski definition) is 3. The Kier molecular flexibility index (Phi) is 6.16. The maximum atomic E-state index is 12.2. The number of alkyl halides is 1. The van der Waals surface area contributed by atoms with E-state index in [0.717, 1.165) is 5.33 Å². The number of carbonyl (C=O) groups excluding carboxylic acids is 1. The van der Waals surface area contributed by atoms with E-state index in [-0.39, 0.29) is 22.8 Å². The van der Waals surface area contributed by atoms with Crippen molar-refractivity contribution in [3.63, 3.8) is 0 Å². The number of hydrogen-bond donors (Lipinski definition) is 2. The van der Waals surface area contributed by atoms with E-state index in [1.165, 1.54) is 19.1 Å². The van der Waals surface area contributed by atoms with E-state index in [9.17, 15) is 13.2 Å². The molecule has 0 bridgehead atoms. The molecule has 0 heterocycles. The highest BCUT2D eigenvalue weighted by Crippen LogP contribution is 2.16. The summed E-state index contributed by atoms with van der Waals surface area (Å²) in [5, 5.41) is 3.31. The molecule has 0 spiro atoms. The summed E-state index contributed by atoms with van der Waals surface area (Å²) in [5.74, 6) is -0.0121. The Hall–Kier alpha value is -0.920.